The molecule has 1 heterocycles. The third-order valence-corrected chi connectivity index (χ3v) is 4.96. The van der Waals surface area contributed by atoms with Crippen LogP contribution in [0.2, 0.25) is 5.02 Å². The zero-order valence-corrected chi connectivity index (χ0v) is 14.0. The van der Waals surface area contributed by atoms with Crippen LogP contribution in [0.25, 0.3) is 0 Å². The highest BCUT2D eigenvalue weighted by Crippen LogP contribution is 2.20. The molecule has 2 rings (SSSR count). The molecule has 2 nitrogen and oxygen atoms in total. The van der Waals surface area contributed by atoms with Crippen LogP contribution in [0.3, 0.4) is 0 Å². The van der Waals surface area contributed by atoms with E-state index in [2.05, 4.69) is 24.5 Å². The van der Waals surface area contributed by atoms with Gasteiger partial charge in [-0.05, 0) is 60.9 Å². The number of halogens is 1. The molecule has 0 saturated carbocycles. The van der Waals surface area contributed by atoms with Crippen molar-refractivity contribution < 1.29 is 4.79 Å². The molecule has 0 atom stereocenters. The molecule has 2 aromatic rings. The summed E-state index contributed by atoms with van der Waals surface area (Å²) >= 11 is 7.58. The van der Waals surface area contributed by atoms with Gasteiger partial charge in [-0.3, -0.25) is 4.79 Å². The van der Waals surface area contributed by atoms with Gasteiger partial charge in [0.2, 0.25) is 5.91 Å². The van der Waals surface area contributed by atoms with E-state index in [1.54, 1.807) is 11.3 Å². The monoisotopic (exact) mass is 321 g/mol. The predicted octanol–water partition coefficient (Wildman–Crippen LogP) is 4.66. The topological polar surface area (TPSA) is 29.1 Å². The normalized spacial score (nSPS) is 10.6. The Morgan fingerprint density at radius 2 is 1.95 bits per heavy atom. The van der Waals surface area contributed by atoms with Gasteiger partial charge >= 0.3 is 0 Å². The van der Waals surface area contributed by atoms with Gasteiger partial charge < -0.3 is 5.32 Å². The van der Waals surface area contributed by atoms with Crippen molar-refractivity contribution in [1.82, 2.24) is 5.32 Å². The largest absolute Gasteiger partial charge is 0.352 e. The van der Waals surface area contributed by atoms with Crippen LogP contribution in [0.4, 0.5) is 0 Å². The smallest absolute Gasteiger partial charge is 0.220 e. The SMILES string of the molecule is Cc1scc(CNC(=O)CCCc2ccc(Cl)cc2)c1C. The van der Waals surface area contributed by atoms with E-state index in [4.69, 9.17) is 11.6 Å². The first-order valence-electron chi connectivity index (χ1n) is 7.11. The number of hydrogen-bond acceptors (Lipinski definition) is 2. The molecule has 112 valence electrons. The summed E-state index contributed by atoms with van der Waals surface area (Å²) in [5.41, 5.74) is 3.74. The number of carbonyl (C=O) groups excluding carboxylic acids is 1. The number of hydrogen-bond donors (Lipinski definition) is 1. The maximum Gasteiger partial charge on any atom is 0.220 e. The molecule has 1 amide bonds. The maximum atomic E-state index is 11.8. The van der Waals surface area contributed by atoms with Crippen LogP contribution in [0.1, 0.15) is 34.4 Å². The highest BCUT2D eigenvalue weighted by molar-refractivity contribution is 7.10. The third kappa shape index (κ3) is 4.87. The summed E-state index contributed by atoms with van der Waals surface area (Å²) in [6.45, 7) is 4.85. The Kier molecular flexibility index (Phi) is 5.83. The first-order valence-corrected chi connectivity index (χ1v) is 8.36. The van der Waals surface area contributed by atoms with Crippen LogP contribution in [0, 0.1) is 13.8 Å². The van der Waals surface area contributed by atoms with Crippen molar-refractivity contribution >= 4 is 28.8 Å². The lowest BCUT2D eigenvalue weighted by Crippen LogP contribution is -2.22. The molecule has 0 bridgehead atoms. The molecule has 0 fully saturated rings. The molecule has 0 radical (unpaired) electrons. The van der Waals surface area contributed by atoms with E-state index in [9.17, 15) is 4.79 Å². The lowest BCUT2D eigenvalue weighted by Gasteiger charge is -2.06. The third-order valence-electron chi connectivity index (χ3n) is 3.65. The number of rotatable bonds is 6. The van der Waals surface area contributed by atoms with E-state index in [-0.39, 0.29) is 5.91 Å². The van der Waals surface area contributed by atoms with Gasteiger partial charge in [0.25, 0.3) is 0 Å². The van der Waals surface area contributed by atoms with Gasteiger partial charge in [0.15, 0.2) is 0 Å². The highest BCUT2D eigenvalue weighted by atomic mass is 35.5. The fraction of sp³-hybridized carbons (Fsp3) is 0.353. The molecule has 1 aromatic carbocycles. The molecule has 21 heavy (non-hydrogen) atoms. The number of aryl methyl sites for hydroxylation is 2. The molecular weight excluding hydrogens is 302 g/mol. The van der Waals surface area contributed by atoms with Crippen LogP contribution in [0.15, 0.2) is 29.6 Å². The molecule has 0 spiro atoms. The molecule has 0 unspecified atom stereocenters. The van der Waals surface area contributed by atoms with Gasteiger partial charge in [0.1, 0.15) is 0 Å². The fourth-order valence-electron chi connectivity index (χ4n) is 2.12. The van der Waals surface area contributed by atoms with Crippen molar-refractivity contribution in [3.8, 4) is 0 Å². The second-order valence-electron chi connectivity index (χ2n) is 5.20. The summed E-state index contributed by atoms with van der Waals surface area (Å²) in [4.78, 5) is 13.2. The van der Waals surface area contributed by atoms with Crippen molar-refractivity contribution in [2.45, 2.75) is 39.7 Å². The summed E-state index contributed by atoms with van der Waals surface area (Å²) in [6.07, 6.45) is 2.32. The fourth-order valence-corrected chi connectivity index (χ4v) is 3.14. The number of nitrogens with one attached hydrogen (secondary N) is 1. The minimum absolute atomic E-state index is 0.118. The van der Waals surface area contributed by atoms with E-state index >= 15 is 0 Å². The van der Waals surface area contributed by atoms with Crippen LogP contribution in [0.5, 0.6) is 0 Å². The van der Waals surface area contributed by atoms with Gasteiger partial charge in [0.05, 0.1) is 0 Å². The van der Waals surface area contributed by atoms with Crippen molar-refractivity contribution in [2.24, 2.45) is 0 Å². The van der Waals surface area contributed by atoms with Gasteiger partial charge in [-0.1, -0.05) is 23.7 Å². The summed E-state index contributed by atoms with van der Waals surface area (Å²) in [5, 5.41) is 5.87. The minimum Gasteiger partial charge on any atom is -0.352 e. The van der Waals surface area contributed by atoms with Crippen LogP contribution >= 0.6 is 22.9 Å². The minimum atomic E-state index is 0.118. The Morgan fingerprint density at radius 3 is 2.57 bits per heavy atom. The first kappa shape index (κ1) is 16.1. The van der Waals surface area contributed by atoms with Crippen LogP contribution < -0.4 is 5.32 Å². The Hall–Kier alpha value is -1.32. The molecule has 0 saturated heterocycles. The predicted molar refractivity (Wildman–Crippen MR) is 90.0 cm³/mol. The lowest BCUT2D eigenvalue weighted by atomic mass is 10.1. The maximum absolute atomic E-state index is 11.8. The Labute approximate surface area is 135 Å². The van der Waals surface area contributed by atoms with Gasteiger partial charge in [-0.15, -0.1) is 11.3 Å². The summed E-state index contributed by atoms with van der Waals surface area (Å²) in [7, 11) is 0. The lowest BCUT2D eigenvalue weighted by molar-refractivity contribution is -0.121. The van der Waals surface area contributed by atoms with E-state index in [1.807, 2.05) is 24.3 Å². The molecule has 0 aliphatic carbocycles. The van der Waals surface area contributed by atoms with Crippen molar-refractivity contribution in [3.63, 3.8) is 0 Å². The molecule has 4 heteroatoms. The average Bonchev–Trinajstić information content (AvgIpc) is 2.79. The number of thiophene rings is 1. The molecule has 1 aromatic heterocycles. The summed E-state index contributed by atoms with van der Waals surface area (Å²) < 4.78 is 0. The second kappa shape index (κ2) is 7.62. The van der Waals surface area contributed by atoms with E-state index in [0.717, 1.165) is 17.9 Å². The molecule has 1 N–H and O–H groups in total. The second-order valence-corrected chi connectivity index (χ2v) is 6.72. The highest BCUT2D eigenvalue weighted by Gasteiger charge is 2.06. The van der Waals surface area contributed by atoms with Crippen molar-refractivity contribution in [1.29, 1.82) is 0 Å². The van der Waals surface area contributed by atoms with Crippen LogP contribution in [-0.4, -0.2) is 5.91 Å². The molecule has 0 aliphatic rings. The quantitative estimate of drug-likeness (QED) is 0.824. The number of benzene rings is 1. The first-order chi connectivity index (χ1) is 10.1. The number of carbonyl (C=O) groups is 1. The Morgan fingerprint density at radius 1 is 1.24 bits per heavy atom. The van der Waals surface area contributed by atoms with Crippen molar-refractivity contribution in [2.75, 3.05) is 0 Å². The Balaban J connectivity index is 1.70. The summed E-state index contributed by atoms with van der Waals surface area (Å²) in [5.74, 6) is 0.118. The van der Waals surface area contributed by atoms with Gasteiger partial charge in [0, 0.05) is 22.9 Å². The Bertz CT molecular complexity index is 604. The molecular formula is C17H20ClNOS. The average molecular weight is 322 g/mol. The molecule has 0 aliphatic heterocycles. The zero-order chi connectivity index (χ0) is 15.2. The van der Waals surface area contributed by atoms with E-state index in [0.29, 0.717) is 13.0 Å². The standard InChI is InChI=1S/C17H20ClNOS/c1-12-13(2)21-11-15(12)10-19-17(20)5-3-4-14-6-8-16(18)9-7-14/h6-9,11H,3-5,10H2,1-2H3,(H,19,20). The van der Waals surface area contributed by atoms with Crippen molar-refractivity contribution in [3.05, 3.63) is 56.2 Å². The van der Waals surface area contributed by atoms with Crippen LogP contribution in [-0.2, 0) is 17.8 Å². The summed E-state index contributed by atoms with van der Waals surface area (Å²) in [6, 6.07) is 7.80. The van der Waals surface area contributed by atoms with Gasteiger partial charge in [-0.25, -0.2) is 0 Å². The zero-order valence-electron chi connectivity index (χ0n) is 12.4. The van der Waals surface area contributed by atoms with Gasteiger partial charge in [-0.2, -0.15) is 0 Å². The van der Waals surface area contributed by atoms with E-state index < -0.39 is 0 Å². The van der Waals surface area contributed by atoms with E-state index in [1.165, 1.54) is 21.6 Å². The number of amides is 1.